The zero-order valence-corrected chi connectivity index (χ0v) is 11.0. The zero-order valence-electron chi connectivity index (χ0n) is 11.0. The smallest absolute Gasteiger partial charge is 0.358 e. The first-order valence-electron chi connectivity index (χ1n) is 6.05. The Balaban J connectivity index is 2.38. The van der Waals surface area contributed by atoms with Crippen molar-refractivity contribution in [2.24, 2.45) is 0 Å². The summed E-state index contributed by atoms with van der Waals surface area (Å²) in [5, 5.41) is 6.75. The number of carbonyl (C=O) groups excluding carboxylic acids is 1. The second-order valence-electron chi connectivity index (χ2n) is 4.17. The van der Waals surface area contributed by atoms with Crippen LogP contribution in [-0.2, 0) is 15.1 Å². The fourth-order valence-corrected chi connectivity index (χ4v) is 2.06. The van der Waals surface area contributed by atoms with E-state index in [9.17, 15) is 4.79 Å². The number of H-pyrrole nitrogens is 1. The first-order chi connectivity index (χ1) is 9.14. The molecule has 0 spiro atoms. The number of hydrogen-bond donors (Lipinski definition) is 2. The Bertz CT molecular complexity index is 533. The summed E-state index contributed by atoms with van der Waals surface area (Å²) in [7, 11) is 1.58. The summed E-state index contributed by atoms with van der Waals surface area (Å²) in [4.78, 5) is 11.7. The highest BCUT2D eigenvalue weighted by Crippen LogP contribution is 2.36. The Morgan fingerprint density at radius 3 is 2.95 bits per heavy atom. The molecule has 1 atom stereocenters. The molecule has 1 aromatic heterocycles. The van der Waals surface area contributed by atoms with Gasteiger partial charge in [-0.25, -0.2) is 4.79 Å². The lowest BCUT2D eigenvalue weighted by Gasteiger charge is -2.28. The lowest BCUT2D eigenvalue weighted by atomic mass is 9.90. The van der Waals surface area contributed by atoms with Crippen molar-refractivity contribution in [3.8, 4) is 0 Å². The molecule has 1 aromatic rings. The highest BCUT2D eigenvalue weighted by Gasteiger charge is 2.36. The summed E-state index contributed by atoms with van der Waals surface area (Å²) in [6.07, 6.45) is 8.23. The number of aromatic nitrogens is 2. The minimum atomic E-state index is -0.736. The molecule has 0 saturated carbocycles. The number of anilines is 1. The van der Waals surface area contributed by atoms with Crippen LogP contribution in [0.2, 0.25) is 0 Å². The van der Waals surface area contributed by atoms with Crippen molar-refractivity contribution in [3.63, 3.8) is 0 Å². The van der Waals surface area contributed by atoms with Gasteiger partial charge in [-0.15, -0.1) is 0 Å². The van der Waals surface area contributed by atoms with E-state index in [1.807, 2.05) is 24.3 Å². The molecule has 0 radical (unpaired) electrons. The van der Waals surface area contributed by atoms with Crippen LogP contribution < -0.4 is 5.73 Å². The van der Waals surface area contributed by atoms with Crippen LogP contribution in [-0.4, -0.2) is 29.9 Å². The highest BCUT2D eigenvalue weighted by atomic mass is 16.5. The van der Waals surface area contributed by atoms with Crippen molar-refractivity contribution in [2.75, 3.05) is 19.5 Å². The molecule has 6 heteroatoms. The highest BCUT2D eigenvalue weighted by molar-refractivity contribution is 5.93. The van der Waals surface area contributed by atoms with E-state index in [1.165, 1.54) is 0 Å². The van der Waals surface area contributed by atoms with Crippen LogP contribution in [0.3, 0.4) is 0 Å². The van der Waals surface area contributed by atoms with Gasteiger partial charge in [0.15, 0.2) is 5.69 Å². The number of ether oxygens (including phenoxy) is 2. The minimum Gasteiger partial charge on any atom is -0.461 e. The summed E-state index contributed by atoms with van der Waals surface area (Å²) >= 11 is 0. The number of nitrogens with one attached hydrogen (secondary N) is 1. The van der Waals surface area contributed by atoms with E-state index in [0.717, 1.165) is 0 Å². The molecule has 0 amide bonds. The van der Waals surface area contributed by atoms with E-state index in [0.29, 0.717) is 12.1 Å². The Kier molecular flexibility index (Phi) is 3.71. The summed E-state index contributed by atoms with van der Waals surface area (Å²) in [5.41, 5.74) is 6.18. The lowest BCUT2D eigenvalue weighted by Crippen LogP contribution is -2.28. The van der Waals surface area contributed by atoms with Crippen molar-refractivity contribution in [3.05, 3.63) is 35.7 Å². The molecule has 0 aromatic carbocycles. The van der Waals surface area contributed by atoms with Crippen molar-refractivity contribution in [1.82, 2.24) is 10.2 Å². The minimum absolute atomic E-state index is 0.163. The number of esters is 1. The summed E-state index contributed by atoms with van der Waals surface area (Å²) in [5.74, 6) is -0.514. The molecular weight excluding hydrogens is 246 g/mol. The average Bonchev–Trinajstić information content (AvgIpc) is 2.82. The maximum atomic E-state index is 11.7. The molecule has 3 N–H and O–H groups in total. The maximum absolute atomic E-state index is 11.7. The third-order valence-electron chi connectivity index (χ3n) is 3.08. The molecule has 1 unspecified atom stereocenters. The van der Waals surface area contributed by atoms with Crippen molar-refractivity contribution < 1.29 is 14.3 Å². The van der Waals surface area contributed by atoms with Gasteiger partial charge in [-0.1, -0.05) is 18.2 Å². The van der Waals surface area contributed by atoms with Crippen LogP contribution in [0.5, 0.6) is 0 Å². The van der Waals surface area contributed by atoms with Crippen molar-refractivity contribution in [1.29, 1.82) is 0 Å². The van der Waals surface area contributed by atoms with E-state index >= 15 is 0 Å². The quantitative estimate of drug-likeness (QED) is 0.804. The van der Waals surface area contributed by atoms with Gasteiger partial charge in [0.05, 0.1) is 12.3 Å². The van der Waals surface area contributed by atoms with Gasteiger partial charge in [0.25, 0.3) is 0 Å². The number of aromatic amines is 1. The average molecular weight is 263 g/mol. The first-order valence-corrected chi connectivity index (χ1v) is 6.05. The number of carbonyl (C=O) groups is 1. The number of nitrogens with zero attached hydrogens (tertiary/aromatic N) is 1. The van der Waals surface area contributed by atoms with Gasteiger partial charge >= 0.3 is 5.97 Å². The van der Waals surface area contributed by atoms with Crippen molar-refractivity contribution in [2.45, 2.75) is 18.9 Å². The summed E-state index contributed by atoms with van der Waals surface area (Å²) in [6.45, 7) is 2.02. The number of methoxy groups -OCH3 is 1. The Morgan fingerprint density at radius 1 is 1.58 bits per heavy atom. The van der Waals surface area contributed by atoms with Crippen LogP contribution in [0, 0.1) is 0 Å². The van der Waals surface area contributed by atoms with Gasteiger partial charge in [0.2, 0.25) is 0 Å². The predicted octanol–water partition coefficient (Wildman–Crippen LogP) is 1.53. The zero-order chi connectivity index (χ0) is 13.9. The molecule has 1 aliphatic carbocycles. The topological polar surface area (TPSA) is 90.2 Å². The monoisotopic (exact) mass is 263 g/mol. The molecule has 102 valence electrons. The third kappa shape index (κ3) is 2.26. The number of nitrogen functional groups attached to an aromatic ring is 1. The molecule has 0 saturated heterocycles. The van der Waals surface area contributed by atoms with E-state index in [1.54, 1.807) is 14.0 Å². The second-order valence-corrected chi connectivity index (χ2v) is 4.17. The SMILES string of the molecule is CCOC(=O)c1[nH]nc(C2(OC)C=CC=CC2)c1N. The van der Waals surface area contributed by atoms with Crippen LogP contribution in [0.1, 0.15) is 29.5 Å². The maximum Gasteiger partial charge on any atom is 0.358 e. The molecule has 1 heterocycles. The first kappa shape index (κ1) is 13.4. The molecule has 19 heavy (non-hydrogen) atoms. The van der Waals surface area contributed by atoms with Gasteiger partial charge in [-0.2, -0.15) is 5.10 Å². The van der Waals surface area contributed by atoms with Gasteiger partial charge in [0.1, 0.15) is 11.3 Å². The van der Waals surface area contributed by atoms with Gasteiger partial charge in [-0.05, 0) is 13.0 Å². The molecule has 6 nitrogen and oxygen atoms in total. The van der Waals surface area contributed by atoms with Gasteiger partial charge in [-0.3, -0.25) is 5.10 Å². The van der Waals surface area contributed by atoms with Crippen LogP contribution in [0.25, 0.3) is 0 Å². The fraction of sp³-hybridized carbons (Fsp3) is 0.385. The molecule has 0 aliphatic heterocycles. The third-order valence-corrected chi connectivity index (χ3v) is 3.08. The number of rotatable bonds is 4. The van der Waals surface area contributed by atoms with E-state index in [2.05, 4.69) is 10.2 Å². The van der Waals surface area contributed by atoms with E-state index in [-0.39, 0.29) is 18.0 Å². The Hall–Kier alpha value is -2.08. The summed E-state index contributed by atoms with van der Waals surface area (Å²) in [6, 6.07) is 0. The lowest BCUT2D eigenvalue weighted by molar-refractivity contribution is 0.0276. The Labute approximate surface area is 111 Å². The Morgan fingerprint density at radius 2 is 2.37 bits per heavy atom. The molecule has 1 aliphatic rings. The molecule has 0 fully saturated rings. The van der Waals surface area contributed by atoms with Gasteiger partial charge in [0, 0.05) is 13.5 Å². The largest absolute Gasteiger partial charge is 0.461 e. The standard InChI is InChI=1S/C13H17N3O3/c1-3-19-12(17)10-9(14)11(16-15-10)13(18-2)7-5-4-6-8-13/h4-7H,3,8,14H2,1-2H3,(H,15,16). The predicted molar refractivity (Wildman–Crippen MR) is 70.5 cm³/mol. The second kappa shape index (κ2) is 5.27. The molecular formula is C13H17N3O3. The van der Waals surface area contributed by atoms with Crippen LogP contribution in [0.15, 0.2) is 24.3 Å². The number of hydrogen-bond acceptors (Lipinski definition) is 5. The van der Waals surface area contributed by atoms with E-state index in [4.69, 9.17) is 15.2 Å². The number of nitrogens with two attached hydrogens (primary N) is 1. The normalized spacial score (nSPS) is 21.6. The number of allylic oxidation sites excluding steroid dienone is 2. The molecule has 2 rings (SSSR count). The summed E-state index contributed by atoms with van der Waals surface area (Å²) < 4.78 is 10.5. The fourth-order valence-electron chi connectivity index (χ4n) is 2.06. The van der Waals surface area contributed by atoms with Crippen LogP contribution in [0.4, 0.5) is 5.69 Å². The molecule has 0 bridgehead atoms. The van der Waals surface area contributed by atoms with E-state index < -0.39 is 11.6 Å². The van der Waals surface area contributed by atoms with Gasteiger partial charge < -0.3 is 15.2 Å². The van der Waals surface area contributed by atoms with Crippen LogP contribution >= 0.6 is 0 Å². The van der Waals surface area contributed by atoms with Crippen molar-refractivity contribution >= 4 is 11.7 Å².